The van der Waals surface area contributed by atoms with Crippen LogP contribution in [0.5, 0.6) is 0 Å². The van der Waals surface area contributed by atoms with Crippen molar-refractivity contribution in [3.05, 3.63) is 42.4 Å². The summed E-state index contributed by atoms with van der Waals surface area (Å²) >= 11 is 1.52. The summed E-state index contributed by atoms with van der Waals surface area (Å²) in [6, 6.07) is 8.39. The summed E-state index contributed by atoms with van der Waals surface area (Å²) in [4.78, 5) is 24.5. The van der Waals surface area contributed by atoms with Gasteiger partial charge in [-0.2, -0.15) is 0 Å². The molecular formula is C20H22N4OS. The minimum atomic E-state index is 0.0923. The number of rotatable bonds is 3. The highest BCUT2D eigenvalue weighted by molar-refractivity contribution is 7.19. The van der Waals surface area contributed by atoms with Crippen molar-refractivity contribution in [2.24, 2.45) is 5.92 Å². The third-order valence-electron chi connectivity index (χ3n) is 4.97. The summed E-state index contributed by atoms with van der Waals surface area (Å²) in [5.41, 5.74) is 2.12. The number of anilines is 1. The molecule has 1 N–H and O–H groups in total. The molecule has 4 rings (SSSR count). The monoisotopic (exact) mass is 366 g/mol. The first kappa shape index (κ1) is 17.1. The third-order valence-corrected chi connectivity index (χ3v) is 5.93. The Bertz CT molecular complexity index is 944. The lowest BCUT2D eigenvalue weighted by Crippen LogP contribution is -2.35. The third kappa shape index (κ3) is 3.61. The zero-order chi connectivity index (χ0) is 18.1. The Morgan fingerprint density at radius 1 is 1.15 bits per heavy atom. The van der Waals surface area contributed by atoms with Crippen molar-refractivity contribution < 1.29 is 4.79 Å². The second kappa shape index (κ2) is 7.13. The Morgan fingerprint density at radius 3 is 2.77 bits per heavy atom. The number of pyridine rings is 1. The van der Waals surface area contributed by atoms with Crippen molar-refractivity contribution in [1.29, 1.82) is 0 Å². The molecule has 0 radical (unpaired) electrons. The molecule has 6 heteroatoms. The summed E-state index contributed by atoms with van der Waals surface area (Å²) < 4.78 is 0. The SMILES string of the molecule is Cc1cc2cc(-c3cnc(NC(=O)C4CCN(C)CC4)s3)ccc2cn1. The van der Waals surface area contributed by atoms with Crippen LogP contribution in [-0.4, -0.2) is 40.9 Å². The highest BCUT2D eigenvalue weighted by Gasteiger charge is 2.24. The fourth-order valence-corrected chi connectivity index (χ4v) is 4.16. The summed E-state index contributed by atoms with van der Waals surface area (Å²) in [5, 5.41) is 5.97. The molecule has 3 aromatic rings. The number of nitrogens with one attached hydrogen (secondary N) is 1. The predicted molar refractivity (Wildman–Crippen MR) is 106 cm³/mol. The van der Waals surface area contributed by atoms with Gasteiger partial charge in [-0.05, 0) is 63.0 Å². The number of amides is 1. The smallest absolute Gasteiger partial charge is 0.229 e. The molecule has 0 bridgehead atoms. The molecule has 134 valence electrons. The minimum absolute atomic E-state index is 0.0923. The van der Waals surface area contributed by atoms with Gasteiger partial charge >= 0.3 is 0 Å². The van der Waals surface area contributed by atoms with Gasteiger partial charge < -0.3 is 10.2 Å². The summed E-state index contributed by atoms with van der Waals surface area (Å²) in [5.74, 6) is 0.189. The molecule has 2 aromatic heterocycles. The van der Waals surface area contributed by atoms with E-state index in [0.29, 0.717) is 5.13 Å². The number of thiazole rings is 1. The molecule has 5 nitrogen and oxygen atoms in total. The van der Waals surface area contributed by atoms with Crippen LogP contribution in [0.25, 0.3) is 21.2 Å². The topological polar surface area (TPSA) is 58.1 Å². The van der Waals surface area contributed by atoms with Crippen molar-refractivity contribution in [3.8, 4) is 10.4 Å². The number of nitrogens with zero attached hydrogens (tertiary/aromatic N) is 3. The number of aryl methyl sites for hydroxylation is 1. The zero-order valence-electron chi connectivity index (χ0n) is 15.0. The Labute approximate surface area is 157 Å². The van der Waals surface area contributed by atoms with Gasteiger partial charge in [-0.1, -0.05) is 23.5 Å². The molecule has 1 aromatic carbocycles. The van der Waals surface area contributed by atoms with E-state index in [9.17, 15) is 4.79 Å². The van der Waals surface area contributed by atoms with Crippen molar-refractivity contribution in [2.45, 2.75) is 19.8 Å². The molecule has 26 heavy (non-hydrogen) atoms. The molecule has 1 aliphatic rings. The standard InChI is InChI=1S/C20H22N4OS/c1-13-9-17-10-15(3-4-16(17)11-21-13)18-12-22-20(26-18)23-19(25)14-5-7-24(2)8-6-14/h3-4,9-12,14H,5-8H2,1-2H3,(H,22,23,25). The minimum Gasteiger partial charge on any atom is -0.306 e. The van der Waals surface area contributed by atoms with Gasteiger partial charge in [0.2, 0.25) is 5.91 Å². The van der Waals surface area contributed by atoms with Crippen molar-refractivity contribution in [1.82, 2.24) is 14.9 Å². The van der Waals surface area contributed by atoms with Crippen molar-refractivity contribution >= 4 is 33.1 Å². The van der Waals surface area contributed by atoms with Gasteiger partial charge in [0, 0.05) is 29.4 Å². The second-order valence-corrected chi connectivity index (χ2v) is 8.01. The molecule has 1 amide bonds. The number of carbonyl (C=O) groups is 1. The number of fused-ring (bicyclic) bond motifs is 1. The summed E-state index contributed by atoms with van der Waals surface area (Å²) in [6.45, 7) is 3.95. The maximum Gasteiger partial charge on any atom is 0.229 e. The predicted octanol–water partition coefficient (Wildman–Crippen LogP) is 3.95. The lowest BCUT2D eigenvalue weighted by molar-refractivity contribution is -0.121. The van der Waals surface area contributed by atoms with E-state index in [-0.39, 0.29) is 11.8 Å². The molecular weight excluding hydrogens is 344 g/mol. The average molecular weight is 366 g/mol. The van der Waals surface area contributed by atoms with Gasteiger partial charge in [0.25, 0.3) is 0 Å². The maximum atomic E-state index is 12.5. The number of benzene rings is 1. The van der Waals surface area contributed by atoms with Crippen molar-refractivity contribution in [3.63, 3.8) is 0 Å². The number of hydrogen-bond acceptors (Lipinski definition) is 5. The first-order valence-electron chi connectivity index (χ1n) is 8.90. The number of carbonyl (C=O) groups excluding carboxylic acids is 1. The second-order valence-electron chi connectivity index (χ2n) is 6.98. The van der Waals surface area contributed by atoms with Gasteiger partial charge in [-0.15, -0.1) is 0 Å². The van der Waals surface area contributed by atoms with E-state index in [1.54, 1.807) is 0 Å². The van der Waals surface area contributed by atoms with Crippen LogP contribution in [0, 0.1) is 12.8 Å². The van der Waals surface area contributed by atoms with Crippen molar-refractivity contribution in [2.75, 3.05) is 25.5 Å². The van der Waals surface area contributed by atoms with Gasteiger partial charge in [0.1, 0.15) is 0 Å². The molecule has 0 atom stereocenters. The average Bonchev–Trinajstić information content (AvgIpc) is 3.10. The number of likely N-dealkylation sites (tertiary alicyclic amines) is 1. The first-order chi connectivity index (χ1) is 12.6. The molecule has 0 saturated carbocycles. The Balaban J connectivity index is 1.50. The molecule has 3 heterocycles. The van der Waals surface area contributed by atoms with E-state index in [2.05, 4.69) is 51.5 Å². The largest absolute Gasteiger partial charge is 0.306 e. The Morgan fingerprint density at radius 2 is 1.96 bits per heavy atom. The fraction of sp³-hybridized carbons (Fsp3) is 0.350. The lowest BCUT2D eigenvalue weighted by atomic mass is 9.96. The van der Waals surface area contributed by atoms with E-state index in [1.807, 2.05) is 19.3 Å². The lowest BCUT2D eigenvalue weighted by Gasteiger charge is -2.27. The number of piperidine rings is 1. The number of hydrogen-bond donors (Lipinski definition) is 1. The normalized spacial score (nSPS) is 16.1. The molecule has 0 spiro atoms. The van der Waals surface area contributed by atoms with E-state index >= 15 is 0 Å². The Kier molecular flexibility index (Phi) is 4.70. The van der Waals surface area contributed by atoms with Gasteiger partial charge in [0.15, 0.2) is 5.13 Å². The van der Waals surface area contributed by atoms with E-state index in [4.69, 9.17) is 0 Å². The highest BCUT2D eigenvalue weighted by Crippen LogP contribution is 2.31. The van der Waals surface area contributed by atoms with E-state index < -0.39 is 0 Å². The Hall–Kier alpha value is -2.31. The molecule has 0 aliphatic carbocycles. The van der Waals surface area contributed by atoms with Crippen LogP contribution in [0.1, 0.15) is 18.5 Å². The molecule has 1 aliphatic heterocycles. The first-order valence-corrected chi connectivity index (χ1v) is 9.72. The van der Waals surface area contributed by atoms with Crippen LogP contribution in [0.2, 0.25) is 0 Å². The summed E-state index contributed by atoms with van der Waals surface area (Å²) in [7, 11) is 2.10. The van der Waals surface area contributed by atoms with Gasteiger partial charge in [0.05, 0.1) is 4.88 Å². The van der Waals surface area contributed by atoms with Crippen LogP contribution in [-0.2, 0) is 4.79 Å². The maximum absolute atomic E-state index is 12.5. The van der Waals surface area contributed by atoms with Gasteiger partial charge in [-0.3, -0.25) is 9.78 Å². The molecule has 1 saturated heterocycles. The molecule has 1 fully saturated rings. The molecule has 0 unspecified atom stereocenters. The fourth-order valence-electron chi connectivity index (χ4n) is 3.35. The van der Waals surface area contributed by atoms with E-state index in [0.717, 1.165) is 47.5 Å². The van der Waals surface area contributed by atoms with Crippen LogP contribution in [0.3, 0.4) is 0 Å². The van der Waals surface area contributed by atoms with E-state index in [1.165, 1.54) is 16.7 Å². The highest BCUT2D eigenvalue weighted by atomic mass is 32.1. The number of aromatic nitrogens is 2. The van der Waals surface area contributed by atoms with Gasteiger partial charge in [-0.25, -0.2) is 4.98 Å². The van der Waals surface area contributed by atoms with Crippen LogP contribution in [0.15, 0.2) is 36.7 Å². The zero-order valence-corrected chi connectivity index (χ0v) is 15.8. The van der Waals surface area contributed by atoms with Crippen LogP contribution < -0.4 is 5.32 Å². The summed E-state index contributed by atoms with van der Waals surface area (Å²) in [6.07, 6.45) is 5.57. The van der Waals surface area contributed by atoms with Crippen LogP contribution in [0.4, 0.5) is 5.13 Å². The quantitative estimate of drug-likeness (QED) is 0.763. The van der Waals surface area contributed by atoms with Crippen LogP contribution >= 0.6 is 11.3 Å².